The Morgan fingerprint density at radius 1 is 1.21 bits per heavy atom. The van der Waals surface area contributed by atoms with Gasteiger partial charge in [0.25, 0.3) is 5.56 Å². The zero-order chi connectivity index (χ0) is 15.0. The number of rotatable bonds is 3. The number of nitrogens with zero attached hydrogens (tertiary/aromatic N) is 1. The van der Waals surface area contributed by atoms with E-state index < -0.39 is 5.97 Å². The highest BCUT2D eigenvalue weighted by atomic mass is 16.4. The van der Waals surface area contributed by atoms with Crippen molar-refractivity contribution in [2.45, 2.75) is 65.3 Å². The smallest absolute Gasteiger partial charge is 0.303 e. The van der Waals surface area contributed by atoms with Crippen LogP contribution in [0.2, 0.25) is 0 Å². The molecule has 5 heteroatoms. The standard InChI is InChI=1S/C14H24N2O3/c1-13(2,3)11-9(7-8-10(17)18)12(19)16(15-11)14(4,5)6/h15H,7-8H2,1-6H3,(H,17,18). The topological polar surface area (TPSA) is 75.1 Å². The molecule has 1 aromatic heterocycles. The molecule has 5 nitrogen and oxygen atoms in total. The highest BCUT2D eigenvalue weighted by Crippen LogP contribution is 2.24. The summed E-state index contributed by atoms with van der Waals surface area (Å²) in [7, 11) is 0. The van der Waals surface area contributed by atoms with Crippen molar-refractivity contribution < 1.29 is 9.90 Å². The van der Waals surface area contributed by atoms with Gasteiger partial charge in [-0.15, -0.1) is 0 Å². The van der Waals surface area contributed by atoms with E-state index >= 15 is 0 Å². The van der Waals surface area contributed by atoms with Crippen LogP contribution in [-0.4, -0.2) is 20.9 Å². The highest BCUT2D eigenvalue weighted by Gasteiger charge is 2.28. The molecule has 0 amide bonds. The van der Waals surface area contributed by atoms with Crippen molar-refractivity contribution in [1.29, 1.82) is 0 Å². The molecule has 0 aromatic carbocycles. The molecule has 0 atom stereocenters. The van der Waals surface area contributed by atoms with Crippen molar-refractivity contribution in [3.05, 3.63) is 21.6 Å². The lowest BCUT2D eigenvalue weighted by molar-refractivity contribution is -0.136. The third-order valence-corrected chi connectivity index (χ3v) is 3.00. The maximum absolute atomic E-state index is 12.4. The molecule has 108 valence electrons. The van der Waals surface area contributed by atoms with Crippen LogP contribution >= 0.6 is 0 Å². The number of hydrogen-bond donors (Lipinski definition) is 2. The molecule has 0 radical (unpaired) electrons. The number of aromatic amines is 1. The molecule has 0 aliphatic rings. The normalized spacial score (nSPS) is 12.7. The van der Waals surface area contributed by atoms with Crippen molar-refractivity contribution in [2.24, 2.45) is 0 Å². The molecule has 0 aliphatic heterocycles. The number of aliphatic carboxylic acids is 1. The number of carboxylic acid groups (broad SMARTS) is 1. The Balaban J connectivity index is 3.37. The number of carboxylic acids is 1. The van der Waals surface area contributed by atoms with Gasteiger partial charge in [-0.05, 0) is 27.2 Å². The summed E-state index contributed by atoms with van der Waals surface area (Å²) in [6.07, 6.45) is 0.237. The molecular weight excluding hydrogens is 244 g/mol. The first kappa shape index (κ1) is 15.5. The Kier molecular flexibility index (Phi) is 3.98. The summed E-state index contributed by atoms with van der Waals surface area (Å²) in [6, 6.07) is 0. The van der Waals surface area contributed by atoms with Crippen molar-refractivity contribution >= 4 is 5.97 Å². The van der Waals surface area contributed by atoms with E-state index in [1.54, 1.807) is 4.68 Å². The van der Waals surface area contributed by atoms with E-state index in [4.69, 9.17) is 5.11 Å². The van der Waals surface area contributed by atoms with E-state index in [9.17, 15) is 9.59 Å². The first-order valence-electron chi connectivity index (χ1n) is 6.51. The molecule has 1 heterocycles. The van der Waals surface area contributed by atoms with Crippen LogP contribution in [0.25, 0.3) is 0 Å². The van der Waals surface area contributed by atoms with Crippen LogP contribution < -0.4 is 5.56 Å². The number of hydrogen-bond acceptors (Lipinski definition) is 2. The van der Waals surface area contributed by atoms with Crippen LogP contribution in [0.5, 0.6) is 0 Å². The van der Waals surface area contributed by atoms with E-state index in [1.165, 1.54) is 0 Å². The van der Waals surface area contributed by atoms with Gasteiger partial charge in [0.1, 0.15) is 0 Å². The first-order chi connectivity index (χ1) is 8.44. The van der Waals surface area contributed by atoms with E-state index in [2.05, 4.69) is 5.10 Å². The predicted octanol–water partition coefficient (Wildman–Crippen LogP) is 2.25. The predicted molar refractivity (Wildman–Crippen MR) is 74.7 cm³/mol. The average molecular weight is 268 g/mol. The summed E-state index contributed by atoms with van der Waals surface area (Å²) in [5, 5.41) is 12.0. The Morgan fingerprint density at radius 2 is 1.74 bits per heavy atom. The molecular formula is C14H24N2O3. The molecule has 2 N–H and O–H groups in total. The molecule has 0 spiro atoms. The Labute approximate surface area is 113 Å². The average Bonchev–Trinajstić information content (AvgIpc) is 2.51. The number of nitrogens with one attached hydrogen (secondary N) is 1. The maximum Gasteiger partial charge on any atom is 0.303 e. The molecule has 0 aliphatic carbocycles. The summed E-state index contributed by atoms with van der Waals surface area (Å²) in [5.41, 5.74) is 0.736. The Hall–Kier alpha value is -1.52. The van der Waals surface area contributed by atoms with Gasteiger partial charge in [-0.3, -0.25) is 14.7 Å². The Morgan fingerprint density at radius 3 is 2.11 bits per heavy atom. The zero-order valence-corrected chi connectivity index (χ0v) is 12.6. The van der Waals surface area contributed by atoms with Crippen LogP contribution in [0.3, 0.4) is 0 Å². The second-order valence-corrected chi connectivity index (χ2v) is 6.92. The van der Waals surface area contributed by atoms with Crippen LogP contribution in [0, 0.1) is 0 Å². The maximum atomic E-state index is 12.4. The number of carbonyl (C=O) groups is 1. The highest BCUT2D eigenvalue weighted by molar-refractivity contribution is 5.67. The summed E-state index contributed by atoms with van der Waals surface area (Å²) in [5.74, 6) is -0.886. The summed E-state index contributed by atoms with van der Waals surface area (Å²) in [6.45, 7) is 11.9. The molecule has 0 saturated carbocycles. The minimum absolute atomic E-state index is 0.0275. The number of aromatic nitrogens is 2. The third-order valence-electron chi connectivity index (χ3n) is 3.00. The van der Waals surface area contributed by atoms with Gasteiger partial charge in [-0.1, -0.05) is 20.8 Å². The van der Waals surface area contributed by atoms with Crippen molar-refractivity contribution in [3.8, 4) is 0 Å². The van der Waals surface area contributed by atoms with Gasteiger partial charge < -0.3 is 5.11 Å². The van der Waals surface area contributed by atoms with Crippen LogP contribution in [0.1, 0.15) is 59.2 Å². The second-order valence-electron chi connectivity index (χ2n) is 6.92. The SMILES string of the molecule is CC(C)(C)c1[nH]n(C(C)(C)C)c(=O)c1CCC(=O)O. The fraction of sp³-hybridized carbons (Fsp3) is 0.714. The molecule has 0 bridgehead atoms. The fourth-order valence-electron chi connectivity index (χ4n) is 2.03. The van der Waals surface area contributed by atoms with Crippen molar-refractivity contribution in [2.75, 3.05) is 0 Å². The van der Waals surface area contributed by atoms with E-state index in [0.717, 1.165) is 5.69 Å². The Bertz CT molecular complexity index is 524. The quantitative estimate of drug-likeness (QED) is 0.882. The summed E-state index contributed by atoms with van der Waals surface area (Å²) < 4.78 is 1.59. The summed E-state index contributed by atoms with van der Waals surface area (Å²) in [4.78, 5) is 23.2. The number of H-pyrrole nitrogens is 1. The largest absolute Gasteiger partial charge is 0.481 e. The van der Waals surface area contributed by atoms with E-state index in [-0.39, 0.29) is 29.4 Å². The molecule has 0 fully saturated rings. The van der Waals surface area contributed by atoms with E-state index in [1.807, 2.05) is 41.5 Å². The van der Waals surface area contributed by atoms with Crippen molar-refractivity contribution in [1.82, 2.24) is 9.78 Å². The molecule has 1 aromatic rings. The lowest BCUT2D eigenvalue weighted by Crippen LogP contribution is -2.33. The van der Waals surface area contributed by atoms with E-state index in [0.29, 0.717) is 5.56 Å². The van der Waals surface area contributed by atoms with Gasteiger partial charge in [-0.25, -0.2) is 4.68 Å². The van der Waals surface area contributed by atoms with Gasteiger partial charge in [0.05, 0.1) is 5.54 Å². The van der Waals surface area contributed by atoms with Crippen LogP contribution in [-0.2, 0) is 22.2 Å². The minimum Gasteiger partial charge on any atom is -0.481 e. The van der Waals surface area contributed by atoms with Crippen LogP contribution in [0.4, 0.5) is 0 Å². The van der Waals surface area contributed by atoms with Gasteiger partial charge in [0.15, 0.2) is 0 Å². The zero-order valence-electron chi connectivity index (χ0n) is 12.6. The molecule has 19 heavy (non-hydrogen) atoms. The minimum atomic E-state index is -0.886. The van der Waals surface area contributed by atoms with Gasteiger partial charge in [-0.2, -0.15) is 0 Å². The van der Waals surface area contributed by atoms with Gasteiger partial charge >= 0.3 is 5.97 Å². The lowest BCUT2D eigenvalue weighted by Gasteiger charge is -2.21. The molecule has 1 rings (SSSR count). The monoisotopic (exact) mass is 268 g/mol. The van der Waals surface area contributed by atoms with Gasteiger partial charge in [0.2, 0.25) is 0 Å². The molecule has 0 saturated heterocycles. The third kappa shape index (κ3) is 3.49. The second kappa shape index (κ2) is 4.87. The van der Waals surface area contributed by atoms with Gasteiger partial charge in [0, 0.05) is 23.1 Å². The summed E-state index contributed by atoms with van der Waals surface area (Å²) >= 11 is 0. The van der Waals surface area contributed by atoms with Crippen LogP contribution in [0.15, 0.2) is 4.79 Å². The fourth-order valence-corrected chi connectivity index (χ4v) is 2.03. The first-order valence-corrected chi connectivity index (χ1v) is 6.51. The molecule has 0 unspecified atom stereocenters. The van der Waals surface area contributed by atoms with Crippen molar-refractivity contribution in [3.63, 3.8) is 0 Å². The lowest BCUT2D eigenvalue weighted by atomic mass is 9.88.